The van der Waals surface area contributed by atoms with Crippen LogP contribution in [0.5, 0.6) is 0 Å². The first-order valence-electron chi connectivity index (χ1n) is 10.6. The number of aryl methyl sites for hydroxylation is 2. The third-order valence-electron chi connectivity index (χ3n) is 5.50. The van der Waals surface area contributed by atoms with Gasteiger partial charge in [0.25, 0.3) is 5.91 Å². The monoisotopic (exact) mass is 413 g/mol. The predicted molar refractivity (Wildman–Crippen MR) is 126 cm³/mol. The summed E-state index contributed by atoms with van der Waals surface area (Å²) in [6.45, 7) is 10.2. The van der Waals surface area contributed by atoms with E-state index in [-0.39, 0.29) is 5.91 Å². The summed E-state index contributed by atoms with van der Waals surface area (Å²) in [5.74, 6) is -0.137. The second kappa shape index (κ2) is 8.60. The molecule has 1 N–H and O–H groups in total. The number of carbonyl (C=O) groups excluding carboxylic acids is 1. The Bertz CT molecular complexity index is 1210. The number of hydrogen-bond donors (Lipinski definition) is 1. The van der Waals surface area contributed by atoms with E-state index in [0.717, 1.165) is 46.6 Å². The van der Waals surface area contributed by atoms with Gasteiger partial charge in [-0.3, -0.25) is 4.79 Å². The molecule has 0 fully saturated rings. The van der Waals surface area contributed by atoms with E-state index in [1.54, 1.807) is 4.80 Å². The zero-order chi connectivity index (χ0) is 22.0. The molecule has 1 aromatic heterocycles. The van der Waals surface area contributed by atoms with Crippen LogP contribution in [0, 0.1) is 13.8 Å². The van der Waals surface area contributed by atoms with Gasteiger partial charge in [-0.25, -0.2) is 0 Å². The zero-order valence-corrected chi connectivity index (χ0v) is 18.4. The smallest absolute Gasteiger partial charge is 0.255 e. The fraction of sp³-hybridized carbons (Fsp3) is 0.240. The molecular formula is C25H27N5O. The average molecular weight is 414 g/mol. The van der Waals surface area contributed by atoms with E-state index in [1.807, 2.05) is 62.4 Å². The van der Waals surface area contributed by atoms with Crippen LogP contribution in [0.25, 0.3) is 16.7 Å². The molecular weight excluding hydrogens is 386 g/mol. The molecule has 0 radical (unpaired) electrons. The van der Waals surface area contributed by atoms with Gasteiger partial charge in [0.05, 0.1) is 5.69 Å². The summed E-state index contributed by atoms with van der Waals surface area (Å²) < 4.78 is 0. The number of anilines is 2. The first-order valence-corrected chi connectivity index (χ1v) is 10.6. The summed E-state index contributed by atoms with van der Waals surface area (Å²) in [6, 6.07) is 19.6. The number of fused-ring (bicyclic) bond motifs is 1. The topological polar surface area (TPSA) is 63.1 Å². The van der Waals surface area contributed by atoms with Gasteiger partial charge in [0.2, 0.25) is 0 Å². The Morgan fingerprint density at radius 2 is 1.52 bits per heavy atom. The van der Waals surface area contributed by atoms with Crippen molar-refractivity contribution in [1.82, 2.24) is 15.0 Å². The van der Waals surface area contributed by atoms with Crippen molar-refractivity contribution < 1.29 is 4.79 Å². The quantitative estimate of drug-likeness (QED) is 0.476. The summed E-state index contributed by atoms with van der Waals surface area (Å²) in [4.78, 5) is 16.6. The van der Waals surface area contributed by atoms with Crippen molar-refractivity contribution in [2.45, 2.75) is 27.7 Å². The van der Waals surface area contributed by atoms with E-state index in [0.29, 0.717) is 5.56 Å². The molecule has 1 heterocycles. The van der Waals surface area contributed by atoms with Crippen LogP contribution < -0.4 is 10.2 Å². The highest BCUT2D eigenvalue weighted by molar-refractivity contribution is 6.05. The normalized spacial score (nSPS) is 11.0. The molecule has 0 aliphatic heterocycles. The van der Waals surface area contributed by atoms with Gasteiger partial charge in [-0.05, 0) is 81.8 Å². The largest absolute Gasteiger partial charge is 0.372 e. The fourth-order valence-electron chi connectivity index (χ4n) is 3.60. The lowest BCUT2D eigenvalue weighted by Crippen LogP contribution is -2.21. The minimum absolute atomic E-state index is 0.137. The van der Waals surface area contributed by atoms with Crippen molar-refractivity contribution in [1.29, 1.82) is 0 Å². The first kappa shape index (κ1) is 20.6. The van der Waals surface area contributed by atoms with Crippen LogP contribution in [-0.4, -0.2) is 34.0 Å². The number of nitrogens with one attached hydrogen (secondary N) is 1. The highest BCUT2D eigenvalue weighted by Gasteiger charge is 2.12. The third-order valence-corrected chi connectivity index (χ3v) is 5.50. The molecule has 158 valence electrons. The van der Waals surface area contributed by atoms with Crippen LogP contribution in [0.4, 0.5) is 11.4 Å². The number of nitrogens with zero attached hydrogens (tertiary/aromatic N) is 4. The van der Waals surface area contributed by atoms with Gasteiger partial charge >= 0.3 is 0 Å². The standard InChI is InChI=1S/C25H27N5O/c1-5-29(6-2)20-11-13-21(14-12-20)30-27-23-15-18(4)22(16-24(23)28-30)26-25(31)19-9-7-17(3)8-10-19/h7-16H,5-6H2,1-4H3,(H,26,31). The Hall–Kier alpha value is -3.67. The van der Waals surface area contributed by atoms with Crippen molar-refractivity contribution in [2.24, 2.45) is 0 Å². The SMILES string of the molecule is CCN(CC)c1ccc(-n2nc3cc(C)c(NC(=O)c4ccc(C)cc4)cc3n2)cc1. The molecule has 6 heteroatoms. The Labute approximate surface area is 182 Å². The van der Waals surface area contributed by atoms with E-state index in [2.05, 4.69) is 46.4 Å². The number of aromatic nitrogens is 3. The molecule has 0 spiro atoms. The zero-order valence-electron chi connectivity index (χ0n) is 18.4. The van der Waals surface area contributed by atoms with E-state index < -0.39 is 0 Å². The Kier molecular flexibility index (Phi) is 5.71. The van der Waals surface area contributed by atoms with Gasteiger partial charge in [0.1, 0.15) is 11.0 Å². The van der Waals surface area contributed by atoms with Gasteiger partial charge in [-0.15, -0.1) is 10.2 Å². The second-order valence-electron chi connectivity index (χ2n) is 7.65. The molecule has 3 aromatic carbocycles. The summed E-state index contributed by atoms with van der Waals surface area (Å²) >= 11 is 0. The predicted octanol–water partition coefficient (Wildman–Crippen LogP) is 5.14. The molecule has 0 bridgehead atoms. The maximum absolute atomic E-state index is 12.6. The second-order valence-corrected chi connectivity index (χ2v) is 7.65. The van der Waals surface area contributed by atoms with Gasteiger partial charge in [-0.2, -0.15) is 4.80 Å². The van der Waals surface area contributed by atoms with Crippen molar-refractivity contribution >= 4 is 28.3 Å². The van der Waals surface area contributed by atoms with Gasteiger partial charge in [-0.1, -0.05) is 17.7 Å². The third kappa shape index (κ3) is 4.28. The molecule has 4 aromatic rings. The lowest BCUT2D eigenvalue weighted by atomic mass is 10.1. The Morgan fingerprint density at radius 3 is 2.13 bits per heavy atom. The van der Waals surface area contributed by atoms with E-state index in [9.17, 15) is 4.79 Å². The Morgan fingerprint density at radius 1 is 0.903 bits per heavy atom. The molecule has 1 amide bonds. The molecule has 0 atom stereocenters. The molecule has 31 heavy (non-hydrogen) atoms. The minimum Gasteiger partial charge on any atom is -0.372 e. The molecule has 0 saturated carbocycles. The van der Waals surface area contributed by atoms with Crippen molar-refractivity contribution in [3.8, 4) is 5.69 Å². The van der Waals surface area contributed by atoms with Crippen LogP contribution in [0.3, 0.4) is 0 Å². The number of carbonyl (C=O) groups is 1. The number of benzene rings is 3. The van der Waals surface area contributed by atoms with Crippen molar-refractivity contribution in [3.05, 3.63) is 77.4 Å². The van der Waals surface area contributed by atoms with Crippen molar-refractivity contribution in [2.75, 3.05) is 23.3 Å². The van der Waals surface area contributed by atoms with E-state index in [1.165, 1.54) is 5.69 Å². The highest BCUT2D eigenvalue weighted by Crippen LogP contribution is 2.23. The summed E-state index contributed by atoms with van der Waals surface area (Å²) in [5, 5.41) is 12.3. The average Bonchev–Trinajstić information content (AvgIpc) is 3.18. The summed E-state index contributed by atoms with van der Waals surface area (Å²) in [6.07, 6.45) is 0. The number of rotatable bonds is 6. The van der Waals surface area contributed by atoms with Crippen LogP contribution in [0.1, 0.15) is 35.3 Å². The lowest BCUT2D eigenvalue weighted by Gasteiger charge is -2.20. The van der Waals surface area contributed by atoms with Crippen LogP contribution in [0.2, 0.25) is 0 Å². The fourth-order valence-corrected chi connectivity index (χ4v) is 3.60. The van der Waals surface area contributed by atoms with E-state index in [4.69, 9.17) is 0 Å². The molecule has 0 unspecified atom stereocenters. The summed E-state index contributed by atoms with van der Waals surface area (Å²) in [7, 11) is 0. The lowest BCUT2D eigenvalue weighted by molar-refractivity contribution is 0.102. The molecule has 0 aliphatic rings. The van der Waals surface area contributed by atoms with Crippen LogP contribution in [0.15, 0.2) is 60.7 Å². The summed E-state index contributed by atoms with van der Waals surface area (Å²) in [5.41, 5.74) is 7.03. The van der Waals surface area contributed by atoms with Crippen LogP contribution in [-0.2, 0) is 0 Å². The number of hydrogen-bond acceptors (Lipinski definition) is 4. The minimum atomic E-state index is -0.137. The molecule has 4 rings (SSSR count). The highest BCUT2D eigenvalue weighted by atomic mass is 16.1. The van der Waals surface area contributed by atoms with Crippen LogP contribution >= 0.6 is 0 Å². The van der Waals surface area contributed by atoms with Gasteiger partial charge < -0.3 is 10.2 Å². The first-order chi connectivity index (χ1) is 15.0. The van der Waals surface area contributed by atoms with Gasteiger partial charge in [0.15, 0.2) is 0 Å². The molecule has 6 nitrogen and oxygen atoms in total. The van der Waals surface area contributed by atoms with Crippen molar-refractivity contribution in [3.63, 3.8) is 0 Å². The maximum atomic E-state index is 12.6. The molecule has 0 saturated heterocycles. The Balaban J connectivity index is 1.60. The number of amides is 1. The van der Waals surface area contributed by atoms with E-state index >= 15 is 0 Å². The molecule has 0 aliphatic carbocycles. The maximum Gasteiger partial charge on any atom is 0.255 e. The van der Waals surface area contributed by atoms with Gasteiger partial charge in [0, 0.05) is 30.0 Å².